The predicted molar refractivity (Wildman–Crippen MR) is 92.5 cm³/mol. The highest BCUT2D eigenvalue weighted by Crippen LogP contribution is 2.52. The van der Waals surface area contributed by atoms with Crippen LogP contribution in [0.1, 0.15) is 30.6 Å². The summed E-state index contributed by atoms with van der Waals surface area (Å²) in [7, 11) is 1.51. The van der Waals surface area contributed by atoms with Crippen molar-refractivity contribution in [3.8, 4) is 5.75 Å². The molecule has 3 N–H and O–H groups in total. The van der Waals surface area contributed by atoms with Gasteiger partial charge in [-0.25, -0.2) is 0 Å². The van der Waals surface area contributed by atoms with Gasteiger partial charge in [0.25, 0.3) is 5.91 Å². The number of rotatable bonds is 3. The normalized spacial score (nSPS) is 27.4. The van der Waals surface area contributed by atoms with E-state index in [9.17, 15) is 4.79 Å². The zero-order chi connectivity index (χ0) is 16.1. The third-order valence-corrected chi connectivity index (χ3v) is 5.28. The van der Waals surface area contributed by atoms with Gasteiger partial charge in [-0.3, -0.25) is 4.79 Å². The van der Waals surface area contributed by atoms with E-state index < -0.39 is 0 Å². The minimum atomic E-state index is -0.192. The lowest BCUT2D eigenvalue weighted by molar-refractivity contribution is -0.108. The van der Waals surface area contributed by atoms with Gasteiger partial charge in [-0.15, -0.1) is 12.4 Å². The van der Waals surface area contributed by atoms with Gasteiger partial charge in [0.05, 0.1) is 29.5 Å². The molecule has 3 unspecified atom stereocenters. The number of hydrogen-bond donors (Lipinski definition) is 2. The molecule has 2 aliphatic rings. The van der Waals surface area contributed by atoms with E-state index >= 15 is 0 Å². The maximum atomic E-state index is 12.6. The van der Waals surface area contributed by atoms with Crippen LogP contribution in [-0.4, -0.2) is 31.8 Å². The maximum Gasteiger partial charge on any atom is 0.255 e. The number of benzene rings is 1. The summed E-state index contributed by atoms with van der Waals surface area (Å²) < 4.78 is 11.0. The molecular weight excluding hydrogens is 339 g/mol. The first-order chi connectivity index (χ1) is 10.4. The molecule has 3 atom stereocenters. The molecule has 1 saturated heterocycles. The fourth-order valence-electron chi connectivity index (χ4n) is 3.75. The van der Waals surface area contributed by atoms with Gasteiger partial charge in [0.1, 0.15) is 5.75 Å². The van der Waals surface area contributed by atoms with E-state index in [0.717, 1.165) is 13.0 Å². The molecule has 1 aromatic rings. The highest BCUT2D eigenvalue weighted by Gasteiger charge is 2.59. The van der Waals surface area contributed by atoms with Gasteiger partial charge >= 0.3 is 0 Å². The topological polar surface area (TPSA) is 73.6 Å². The number of hydrogen-bond acceptors (Lipinski definition) is 4. The van der Waals surface area contributed by atoms with E-state index in [-0.39, 0.29) is 35.9 Å². The van der Waals surface area contributed by atoms with Gasteiger partial charge in [-0.1, -0.05) is 25.4 Å². The Labute approximate surface area is 147 Å². The Morgan fingerprint density at radius 3 is 2.83 bits per heavy atom. The predicted octanol–water partition coefficient (Wildman–Crippen LogP) is 2.90. The molecule has 1 heterocycles. The van der Waals surface area contributed by atoms with Crippen LogP contribution in [0.15, 0.2) is 12.1 Å². The molecule has 2 fully saturated rings. The molecule has 23 heavy (non-hydrogen) atoms. The Hall–Kier alpha value is -1.17. The Bertz CT molecular complexity index is 622. The van der Waals surface area contributed by atoms with E-state index in [1.807, 2.05) is 0 Å². The molecule has 128 valence electrons. The number of nitrogens with one attached hydrogen (secondary N) is 1. The van der Waals surface area contributed by atoms with Crippen LogP contribution in [0.4, 0.5) is 5.69 Å². The molecule has 0 bridgehead atoms. The molecule has 0 spiro atoms. The molecular formula is C16H22Cl2N2O3. The van der Waals surface area contributed by atoms with Gasteiger partial charge in [-0.05, 0) is 12.5 Å². The molecule has 7 heteroatoms. The highest BCUT2D eigenvalue weighted by atomic mass is 35.5. The average Bonchev–Trinajstić information content (AvgIpc) is 2.93. The van der Waals surface area contributed by atoms with Gasteiger partial charge in [0.15, 0.2) is 0 Å². The molecule has 0 aromatic heterocycles. The van der Waals surface area contributed by atoms with Crippen LogP contribution in [0.3, 0.4) is 0 Å². The molecule has 1 aliphatic heterocycles. The number of anilines is 1. The first-order valence-corrected chi connectivity index (χ1v) is 7.79. The van der Waals surface area contributed by atoms with Gasteiger partial charge in [-0.2, -0.15) is 0 Å². The second kappa shape index (κ2) is 6.38. The Morgan fingerprint density at radius 2 is 2.17 bits per heavy atom. The molecule has 0 radical (unpaired) electrons. The number of methoxy groups -OCH3 is 1. The van der Waals surface area contributed by atoms with Gasteiger partial charge in [0.2, 0.25) is 0 Å². The number of fused-ring (bicyclic) bond motifs is 1. The molecule has 5 nitrogen and oxygen atoms in total. The Kier molecular flexibility index (Phi) is 5.04. The fraction of sp³-hybridized carbons (Fsp3) is 0.562. The van der Waals surface area contributed by atoms with Gasteiger partial charge < -0.3 is 20.5 Å². The van der Waals surface area contributed by atoms with Crippen LogP contribution in [0.5, 0.6) is 5.75 Å². The van der Waals surface area contributed by atoms with E-state index in [1.54, 1.807) is 12.1 Å². The summed E-state index contributed by atoms with van der Waals surface area (Å²) in [4.78, 5) is 12.6. The zero-order valence-corrected chi connectivity index (χ0v) is 15.0. The van der Waals surface area contributed by atoms with Crippen LogP contribution in [0.2, 0.25) is 5.02 Å². The smallest absolute Gasteiger partial charge is 0.255 e. The Morgan fingerprint density at radius 1 is 1.48 bits per heavy atom. The van der Waals surface area contributed by atoms with Crippen molar-refractivity contribution in [2.24, 2.45) is 11.3 Å². The second-order valence-corrected chi connectivity index (χ2v) is 7.00. The second-order valence-electron chi connectivity index (χ2n) is 6.59. The fourth-order valence-corrected chi connectivity index (χ4v) is 3.92. The minimum absolute atomic E-state index is 0. The summed E-state index contributed by atoms with van der Waals surface area (Å²) >= 11 is 6.04. The van der Waals surface area contributed by atoms with Crippen LogP contribution in [0, 0.1) is 11.3 Å². The number of amides is 1. The summed E-state index contributed by atoms with van der Waals surface area (Å²) in [5.74, 6) is 0.618. The van der Waals surface area contributed by atoms with Crippen molar-refractivity contribution in [3.63, 3.8) is 0 Å². The summed E-state index contributed by atoms with van der Waals surface area (Å²) in [6, 6.07) is 3.22. The zero-order valence-electron chi connectivity index (χ0n) is 13.4. The number of halogens is 2. The summed E-state index contributed by atoms with van der Waals surface area (Å²) in [5, 5.41) is 3.47. The van der Waals surface area contributed by atoms with Crippen molar-refractivity contribution in [1.29, 1.82) is 0 Å². The third kappa shape index (κ3) is 2.86. The summed E-state index contributed by atoms with van der Waals surface area (Å²) in [5.41, 5.74) is 6.48. The first kappa shape index (κ1) is 18.2. The van der Waals surface area contributed by atoms with E-state index in [2.05, 4.69) is 19.2 Å². The Balaban J connectivity index is 0.00000192. The standard InChI is InChI=1S/C16H21ClN2O3.ClH/c1-16(2)13(8-4-5-22-14(8)16)19-15(20)9-6-10(17)11(18)7-12(9)21-3;/h6-8,13-14H,4-5,18H2,1-3H3,(H,19,20);1H. The van der Waals surface area contributed by atoms with Crippen molar-refractivity contribution < 1.29 is 14.3 Å². The lowest BCUT2D eigenvalue weighted by atomic mass is 9.57. The largest absolute Gasteiger partial charge is 0.496 e. The van der Waals surface area contributed by atoms with E-state index in [4.69, 9.17) is 26.8 Å². The molecule has 1 amide bonds. The van der Waals surface area contributed by atoms with Crippen LogP contribution in [0.25, 0.3) is 0 Å². The highest BCUT2D eigenvalue weighted by molar-refractivity contribution is 6.33. The minimum Gasteiger partial charge on any atom is -0.496 e. The number of carbonyl (C=O) groups is 1. The number of nitrogen functional groups attached to an aromatic ring is 1. The van der Waals surface area contributed by atoms with Crippen LogP contribution < -0.4 is 15.8 Å². The summed E-state index contributed by atoms with van der Waals surface area (Å²) in [6.07, 6.45) is 1.22. The van der Waals surface area contributed by atoms with Crippen molar-refractivity contribution in [2.75, 3.05) is 19.5 Å². The third-order valence-electron chi connectivity index (χ3n) is 4.95. The first-order valence-electron chi connectivity index (χ1n) is 7.41. The number of carbonyl (C=O) groups excluding carboxylic acids is 1. The molecule has 1 saturated carbocycles. The van der Waals surface area contributed by atoms with Crippen LogP contribution >= 0.6 is 24.0 Å². The van der Waals surface area contributed by atoms with E-state index in [0.29, 0.717) is 27.9 Å². The summed E-state index contributed by atoms with van der Waals surface area (Å²) in [6.45, 7) is 5.01. The van der Waals surface area contributed by atoms with Gasteiger partial charge in [0, 0.05) is 30.0 Å². The monoisotopic (exact) mass is 360 g/mol. The lowest BCUT2D eigenvalue weighted by Crippen LogP contribution is -2.66. The molecule has 3 rings (SSSR count). The number of ether oxygens (including phenoxy) is 2. The van der Waals surface area contributed by atoms with Crippen molar-refractivity contribution >= 4 is 35.6 Å². The SMILES string of the molecule is COc1cc(N)c(Cl)cc1C(=O)NC1C2CCOC2C1(C)C.Cl. The van der Waals surface area contributed by atoms with Crippen molar-refractivity contribution in [1.82, 2.24) is 5.32 Å². The molecule has 1 aromatic carbocycles. The number of nitrogens with two attached hydrogens (primary N) is 1. The quantitative estimate of drug-likeness (QED) is 0.812. The molecule has 1 aliphatic carbocycles. The van der Waals surface area contributed by atoms with Crippen LogP contribution in [-0.2, 0) is 4.74 Å². The van der Waals surface area contributed by atoms with Crippen molar-refractivity contribution in [3.05, 3.63) is 22.7 Å². The maximum absolute atomic E-state index is 12.6. The lowest BCUT2D eigenvalue weighted by Gasteiger charge is -2.54. The van der Waals surface area contributed by atoms with Crippen molar-refractivity contribution in [2.45, 2.75) is 32.4 Å². The van der Waals surface area contributed by atoms with E-state index in [1.165, 1.54) is 7.11 Å². The average molecular weight is 361 g/mol.